The molecule has 2 atom stereocenters. The molecular weight excluding hydrogens is 220 g/mol. The van der Waals surface area contributed by atoms with Gasteiger partial charge in [0.2, 0.25) is 0 Å². The van der Waals surface area contributed by atoms with Crippen LogP contribution in [0.25, 0.3) is 0 Å². The summed E-state index contributed by atoms with van der Waals surface area (Å²) in [5.41, 5.74) is 0. The summed E-state index contributed by atoms with van der Waals surface area (Å²) < 4.78 is 0. The number of thioether (sulfide) groups is 1. The highest BCUT2D eigenvalue weighted by molar-refractivity contribution is 7.99. The lowest BCUT2D eigenvalue weighted by Gasteiger charge is -2.22. The van der Waals surface area contributed by atoms with Crippen LogP contribution < -0.4 is 0 Å². The molecule has 0 radical (unpaired) electrons. The number of nitriles is 1. The van der Waals surface area contributed by atoms with E-state index < -0.39 is 0 Å². The Morgan fingerprint density at radius 3 is 2.94 bits per heavy atom. The summed E-state index contributed by atoms with van der Waals surface area (Å²) in [5.74, 6) is 2.15. The Bertz CT molecular complexity index is 230. The van der Waals surface area contributed by atoms with Crippen molar-refractivity contribution < 1.29 is 5.11 Å². The Morgan fingerprint density at radius 1 is 1.50 bits per heavy atom. The molecule has 1 fully saturated rings. The lowest BCUT2D eigenvalue weighted by Crippen LogP contribution is -2.30. The van der Waals surface area contributed by atoms with E-state index in [0.29, 0.717) is 11.7 Å². The maximum Gasteiger partial charge on any atom is 0.0808 e. The molecule has 0 aliphatic heterocycles. The monoisotopic (exact) mass is 242 g/mol. The minimum absolute atomic E-state index is 0.0737. The van der Waals surface area contributed by atoms with Crippen molar-refractivity contribution in [1.29, 1.82) is 5.26 Å². The second-order valence-electron chi connectivity index (χ2n) is 4.58. The number of hydrogen-bond donors (Lipinski definition) is 1. The first-order valence-corrected chi connectivity index (χ1v) is 7.21. The fraction of sp³-hybridized carbons (Fsp3) is 0.917. The van der Waals surface area contributed by atoms with Crippen LogP contribution in [-0.4, -0.2) is 47.8 Å². The van der Waals surface area contributed by atoms with Crippen LogP contribution in [0.3, 0.4) is 0 Å². The average molecular weight is 242 g/mol. The van der Waals surface area contributed by atoms with Crippen LogP contribution in [-0.2, 0) is 0 Å². The first-order chi connectivity index (χ1) is 7.74. The third-order valence-electron chi connectivity index (χ3n) is 3.16. The molecule has 0 heterocycles. The van der Waals surface area contributed by atoms with Gasteiger partial charge in [0.1, 0.15) is 0 Å². The molecule has 3 nitrogen and oxygen atoms in total. The molecule has 1 aliphatic rings. The molecule has 92 valence electrons. The summed E-state index contributed by atoms with van der Waals surface area (Å²) in [6.07, 6.45) is 4.39. The van der Waals surface area contributed by atoms with E-state index in [0.717, 1.165) is 31.7 Å². The second-order valence-corrected chi connectivity index (χ2v) is 5.69. The van der Waals surface area contributed by atoms with E-state index in [4.69, 9.17) is 5.26 Å². The predicted octanol–water partition coefficient (Wildman–Crippen LogP) is 1.73. The quantitative estimate of drug-likeness (QED) is 0.691. The molecular formula is C12H22N2OS. The zero-order valence-corrected chi connectivity index (χ0v) is 10.9. The Labute approximate surface area is 103 Å². The zero-order valence-electron chi connectivity index (χ0n) is 10.1. The van der Waals surface area contributed by atoms with E-state index >= 15 is 0 Å². The van der Waals surface area contributed by atoms with Gasteiger partial charge in [0.05, 0.1) is 17.9 Å². The van der Waals surface area contributed by atoms with Gasteiger partial charge in [0, 0.05) is 6.54 Å². The molecule has 0 spiro atoms. The van der Waals surface area contributed by atoms with Gasteiger partial charge >= 0.3 is 0 Å². The van der Waals surface area contributed by atoms with Gasteiger partial charge in [0.15, 0.2) is 0 Å². The standard InChI is InChI=1S/C12H22N2OS/c1-14(7-3-8-16-9-6-13)10-11-4-2-5-12(11)15/h11-12,15H,2-5,7-10H2,1H3. The van der Waals surface area contributed by atoms with Crippen molar-refractivity contribution in [3.05, 3.63) is 0 Å². The summed E-state index contributed by atoms with van der Waals surface area (Å²) >= 11 is 1.70. The van der Waals surface area contributed by atoms with Crippen molar-refractivity contribution in [3.8, 4) is 6.07 Å². The summed E-state index contributed by atoms with van der Waals surface area (Å²) in [4.78, 5) is 2.31. The third kappa shape index (κ3) is 5.20. The van der Waals surface area contributed by atoms with Crippen LogP contribution in [0.1, 0.15) is 25.7 Å². The minimum atomic E-state index is -0.0737. The van der Waals surface area contributed by atoms with Gasteiger partial charge in [-0.25, -0.2) is 0 Å². The lowest BCUT2D eigenvalue weighted by molar-refractivity contribution is 0.109. The highest BCUT2D eigenvalue weighted by Gasteiger charge is 2.25. The van der Waals surface area contributed by atoms with Crippen LogP contribution in [0.2, 0.25) is 0 Å². The summed E-state index contributed by atoms with van der Waals surface area (Å²) in [7, 11) is 2.12. The normalized spacial score (nSPS) is 24.9. The molecule has 1 N–H and O–H groups in total. The Hall–Kier alpha value is -0.240. The smallest absolute Gasteiger partial charge is 0.0808 e. The van der Waals surface area contributed by atoms with Gasteiger partial charge in [0.25, 0.3) is 0 Å². The van der Waals surface area contributed by atoms with E-state index in [1.807, 2.05) is 0 Å². The van der Waals surface area contributed by atoms with E-state index in [2.05, 4.69) is 18.0 Å². The fourth-order valence-corrected chi connectivity index (χ4v) is 2.85. The maximum atomic E-state index is 9.71. The van der Waals surface area contributed by atoms with Crippen LogP contribution in [0.4, 0.5) is 0 Å². The summed E-state index contributed by atoms with van der Waals surface area (Å²) in [6, 6.07) is 2.14. The van der Waals surface area contributed by atoms with Crippen molar-refractivity contribution >= 4 is 11.8 Å². The lowest BCUT2D eigenvalue weighted by atomic mass is 10.1. The summed E-state index contributed by atoms with van der Waals surface area (Å²) in [5, 5.41) is 18.1. The number of rotatable bonds is 7. The number of hydrogen-bond acceptors (Lipinski definition) is 4. The van der Waals surface area contributed by atoms with Gasteiger partial charge in [-0.1, -0.05) is 6.42 Å². The molecule has 0 amide bonds. The van der Waals surface area contributed by atoms with Crippen molar-refractivity contribution in [3.63, 3.8) is 0 Å². The molecule has 16 heavy (non-hydrogen) atoms. The summed E-state index contributed by atoms with van der Waals surface area (Å²) in [6.45, 7) is 2.09. The van der Waals surface area contributed by atoms with E-state index in [9.17, 15) is 5.11 Å². The van der Waals surface area contributed by atoms with Crippen molar-refractivity contribution in [2.75, 3.05) is 31.6 Å². The van der Waals surface area contributed by atoms with Crippen LogP contribution in [0.5, 0.6) is 0 Å². The Balaban J connectivity index is 2.02. The zero-order chi connectivity index (χ0) is 11.8. The molecule has 2 unspecified atom stereocenters. The van der Waals surface area contributed by atoms with Crippen LogP contribution in [0, 0.1) is 17.2 Å². The second kappa shape index (κ2) is 7.94. The first-order valence-electron chi connectivity index (χ1n) is 6.05. The first kappa shape index (κ1) is 13.8. The van der Waals surface area contributed by atoms with Crippen molar-refractivity contribution in [1.82, 2.24) is 4.90 Å². The molecule has 4 heteroatoms. The number of aliphatic hydroxyl groups is 1. The molecule has 0 saturated heterocycles. The highest BCUT2D eigenvalue weighted by Crippen LogP contribution is 2.25. The van der Waals surface area contributed by atoms with Gasteiger partial charge in [-0.15, -0.1) is 11.8 Å². The average Bonchev–Trinajstić information content (AvgIpc) is 2.64. The third-order valence-corrected chi connectivity index (χ3v) is 4.07. The number of aliphatic hydroxyl groups excluding tert-OH is 1. The molecule has 0 aromatic rings. The largest absolute Gasteiger partial charge is 0.393 e. The van der Waals surface area contributed by atoms with Crippen molar-refractivity contribution in [2.45, 2.75) is 31.8 Å². The molecule has 0 aromatic heterocycles. The highest BCUT2D eigenvalue weighted by atomic mass is 32.2. The minimum Gasteiger partial charge on any atom is -0.393 e. The maximum absolute atomic E-state index is 9.71. The fourth-order valence-electron chi connectivity index (χ4n) is 2.28. The van der Waals surface area contributed by atoms with Crippen molar-refractivity contribution in [2.24, 2.45) is 5.92 Å². The van der Waals surface area contributed by atoms with Gasteiger partial charge < -0.3 is 10.0 Å². The molecule has 0 bridgehead atoms. The van der Waals surface area contributed by atoms with Gasteiger partial charge in [-0.2, -0.15) is 5.26 Å². The van der Waals surface area contributed by atoms with Crippen LogP contribution in [0.15, 0.2) is 0 Å². The van der Waals surface area contributed by atoms with Crippen LogP contribution >= 0.6 is 11.8 Å². The molecule has 1 saturated carbocycles. The van der Waals surface area contributed by atoms with Gasteiger partial charge in [-0.3, -0.25) is 0 Å². The number of nitrogens with zero attached hydrogens (tertiary/aromatic N) is 2. The van der Waals surface area contributed by atoms with Gasteiger partial charge in [-0.05, 0) is 44.5 Å². The molecule has 1 rings (SSSR count). The Kier molecular flexibility index (Phi) is 6.86. The van der Waals surface area contributed by atoms with E-state index in [-0.39, 0.29) is 6.10 Å². The SMILES string of the molecule is CN(CCCSCC#N)CC1CCCC1O. The molecule has 0 aromatic carbocycles. The van der Waals surface area contributed by atoms with E-state index in [1.165, 1.54) is 12.8 Å². The molecule has 1 aliphatic carbocycles. The predicted molar refractivity (Wildman–Crippen MR) is 68.4 cm³/mol. The topological polar surface area (TPSA) is 47.3 Å². The van der Waals surface area contributed by atoms with E-state index in [1.54, 1.807) is 11.8 Å². The Morgan fingerprint density at radius 2 is 2.31 bits per heavy atom.